The number of benzene rings is 1. The smallest absolute Gasteiger partial charge is 0.243 e. The van der Waals surface area contributed by atoms with E-state index in [0.29, 0.717) is 38.5 Å². The van der Waals surface area contributed by atoms with Crippen LogP contribution in [-0.4, -0.2) is 83.6 Å². The predicted molar refractivity (Wildman–Crippen MR) is 109 cm³/mol. The number of carbonyl (C=O) groups is 1. The van der Waals surface area contributed by atoms with Crippen LogP contribution in [0.5, 0.6) is 5.75 Å². The Hall–Kier alpha value is -2.10. The monoisotopic (exact) mass is 421 g/mol. The number of rotatable bonds is 3. The van der Waals surface area contributed by atoms with Crippen LogP contribution in [0.4, 0.5) is 5.69 Å². The number of sulfonamides is 1. The molecule has 5 rings (SSSR count). The third-order valence-electron chi connectivity index (χ3n) is 5.66. The second-order valence-corrected chi connectivity index (χ2v) is 9.65. The van der Waals surface area contributed by atoms with E-state index in [9.17, 15) is 13.2 Å². The number of fused-ring (bicyclic) bond motifs is 1. The Morgan fingerprint density at radius 3 is 2.28 bits per heavy atom. The van der Waals surface area contributed by atoms with Crippen molar-refractivity contribution in [1.82, 2.24) is 9.21 Å². The van der Waals surface area contributed by atoms with E-state index in [0.717, 1.165) is 43.0 Å². The Bertz CT molecular complexity index is 885. The minimum atomic E-state index is -3.56. The Balaban J connectivity index is 0.000000359. The average Bonchev–Trinajstić information content (AvgIpc) is 3.46. The lowest BCUT2D eigenvalue weighted by atomic mass is 10.2. The molecule has 4 heterocycles. The van der Waals surface area contributed by atoms with E-state index in [2.05, 4.69) is 0 Å². The molecule has 0 aliphatic carbocycles. The topological polar surface area (TPSA) is 79.4 Å². The van der Waals surface area contributed by atoms with Crippen molar-refractivity contribution in [3.8, 4) is 5.75 Å². The van der Waals surface area contributed by atoms with E-state index in [-0.39, 0.29) is 4.90 Å². The summed E-state index contributed by atoms with van der Waals surface area (Å²) in [6.45, 7) is 5.14. The summed E-state index contributed by atoms with van der Waals surface area (Å²) in [4.78, 5) is 14.8. The SMILES string of the molecule is C1CCOC1.CN1CCOc2ccc(S(=O)(=O)N3CC4=C(CN(C=O)C4)C3)cc21. The highest BCUT2D eigenvalue weighted by Gasteiger charge is 2.36. The van der Waals surface area contributed by atoms with Gasteiger partial charge >= 0.3 is 0 Å². The lowest BCUT2D eigenvalue weighted by Crippen LogP contribution is -2.34. The zero-order chi connectivity index (χ0) is 20.4. The van der Waals surface area contributed by atoms with Crippen LogP contribution in [0, 0.1) is 0 Å². The summed E-state index contributed by atoms with van der Waals surface area (Å²) in [6.07, 6.45) is 3.37. The number of nitrogens with zero attached hydrogens (tertiary/aromatic N) is 3. The molecule has 4 aliphatic heterocycles. The number of anilines is 1. The standard InChI is InChI=1S/C16H19N3O4S.C4H8O/c1-17-4-5-23-16-3-2-14(6-15(16)17)24(21,22)19-9-12-7-18(11-20)8-13(12)10-19;1-2-4-5-3-1/h2-3,6,11H,4-5,7-10H2,1H3;1-4H2. The molecule has 1 saturated heterocycles. The second-order valence-electron chi connectivity index (χ2n) is 7.71. The molecule has 1 aromatic rings. The second kappa shape index (κ2) is 8.33. The van der Waals surface area contributed by atoms with Gasteiger partial charge in [0.2, 0.25) is 16.4 Å². The molecule has 0 saturated carbocycles. The third-order valence-corrected chi connectivity index (χ3v) is 7.45. The van der Waals surface area contributed by atoms with Crippen LogP contribution >= 0.6 is 0 Å². The van der Waals surface area contributed by atoms with Crippen LogP contribution < -0.4 is 9.64 Å². The van der Waals surface area contributed by atoms with E-state index in [1.807, 2.05) is 11.9 Å². The highest BCUT2D eigenvalue weighted by Crippen LogP contribution is 2.35. The summed E-state index contributed by atoms with van der Waals surface area (Å²) in [5.41, 5.74) is 2.89. The van der Waals surface area contributed by atoms with Gasteiger partial charge in [-0.3, -0.25) is 4.79 Å². The number of amides is 1. The summed E-state index contributed by atoms with van der Waals surface area (Å²) >= 11 is 0. The van der Waals surface area contributed by atoms with Crippen LogP contribution in [0.15, 0.2) is 34.2 Å². The van der Waals surface area contributed by atoms with Crippen molar-refractivity contribution >= 4 is 22.1 Å². The summed E-state index contributed by atoms with van der Waals surface area (Å²) in [5, 5.41) is 0. The van der Waals surface area contributed by atoms with E-state index >= 15 is 0 Å². The maximum absolute atomic E-state index is 13.0. The summed E-state index contributed by atoms with van der Waals surface area (Å²) in [7, 11) is -1.63. The maximum Gasteiger partial charge on any atom is 0.243 e. The summed E-state index contributed by atoms with van der Waals surface area (Å²) in [5.74, 6) is 0.714. The molecule has 29 heavy (non-hydrogen) atoms. The van der Waals surface area contributed by atoms with Gasteiger partial charge in [-0.15, -0.1) is 0 Å². The fraction of sp³-hybridized carbons (Fsp3) is 0.550. The lowest BCUT2D eigenvalue weighted by Gasteiger charge is -2.28. The van der Waals surface area contributed by atoms with Crippen LogP contribution in [-0.2, 0) is 19.6 Å². The van der Waals surface area contributed by atoms with E-state index in [1.165, 1.54) is 17.1 Å². The van der Waals surface area contributed by atoms with E-state index in [1.54, 1.807) is 23.1 Å². The summed E-state index contributed by atoms with van der Waals surface area (Å²) < 4.78 is 37.9. The van der Waals surface area contributed by atoms with E-state index < -0.39 is 10.0 Å². The number of likely N-dealkylation sites (N-methyl/N-ethyl adjacent to an activating group) is 1. The van der Waals surface area contributed by atoms with Crippen LogP contribution in [0.3, 0.4) is 0 Å². The minimum absolute atomic E-state index is 0.284. The highest BCUT2D eigenvalue weighted by molar-refractivity contribution is 7.89. The number of hydrogen-bond donors (Lipinski definition) is 0. The van der Waals surface area contributed by atoms with Crippen molar-refractivity contribution < 1.29 is 22.7 Å². The fourth-order valence-corrected chi connectivity index (χ4v) is 5.42. The molecule has 0 N–H and O–H groups in total. The van der Waals surface area contributed by atoms with Crippen molar-refractivity contribution in [1.29, 1.82) is 0 Å². The Morgan fingerprint density at radius 2 is 1.69 bits per heavy atom. The van der Waals surface area contributed by atoms with Crippen LogP contribution in [0.1, 0.15) is 12.8 Å². The van der Waals surface area contributed by atoms with Gasteiger partial charge in [-0.25, -0.2) is 8.42 Å². The van der Waals surface area contributed by atoms with Crippen molar-refractivity contribution in [3.05, 3.63) is 29.3 Å². The minimum Gasteiger partial charge on any atom is -0.490 e. The number of ether oxygens (including phenoxy) is 2. The molecule has 0 bridgehead atoms. The van der Waals surface area contributed by atoms with Crippen molar-refractivity contribution in [2.24, 2.45) is 0 Å². The first kappa shape index (κ1) is 20.2. The zero-order valence-corrected chi connectivity index (χ0v) is 17.5. The van der Waals surface area contributed by atoms with Gasteiger partial charge in [-0.05, 0) is 42.2 Å². The molecule has 0 aromatic heterocycles. The molecular formula is C20H27N3O5S. The van der Waals surface area contributed by atoms with E-state index in [4.69, 9.17) is 9.47 Å². The van der Waals surface area contributed by atoms with Gasteiger partial charge in [-0.2, -0.15) is 4.31 Å². The average molecular weight is 422 g/mol. The van der Waals surface area contributed by atoms with Gasteiger partial charge in [0.05, 0.1) is 17.1 Å². The number of carbonyl (C=O) groups excluding carboxylic acids is 1. The molecule has 0 unspecified atom stereocenters. The molecule has 0 atom stereocenters. The molecule has 0 radical (unpaired) electrons. The van der Waals surface area contributed by atoms with Gasteiger partial charge in [-0.1, -0.05) is 0 Å². The van der Waals surface area contributed by atoms with Crippen molar-refractivity contribution in [3.63, 3.8) is 0 Å². The van der Waals surface area contributed by atoms with Gasteiger partial charge < -0.3 is 19.3 Å². The molecule has 9 heteroatoms. The fourth-order valence-electron chi connectivity index (χ4n) is 3.97. The molecule has 8 nitrogen and oxygen atoms in total. The maximum atomic E-state index is 13.0. The summed E-state index contributed by atoms with van der Waals surface area (Å²) in [6, 6.07) is 5.02. The van der Waals surface area contributed by atoms with Gasteiger partial charge in [0.25, 0.3) is 0 Å². The first-order chi connectivity index (χ1) is 14.0. The first-order valence-corrected chi connectivity index (χ1v) is 11.4. The van der Waals surface area contributed by atoms with Crippen molar-refractivity contribution in [2.45, 2.75) is 17.7 Å². The van der Waals surface area contributed by atoms with Crippen LogP contribution in [0.25, 0.3) is 0 Å². The molecule has 1 aromatic carbocycles. The molecule has 4 aliphatic rings. The lowest BCUT2D eigenvalue weighted by molar-refractivity contribution is -0.117. The molecule has 1 amide bonds. The van der Waals surface area contributed by atoms with Crippen molar-refractivity contribution in [2.75, 3.05) is 64.5 Å². The largest absolute Gasteiger partial charge is 0.490 e. The Kier molecular flexibility index (Phi) is 5.80. The highest BCUT2D eigenvalue weighted by atomic mass is 32.2. The normalized spacial score (nSPS) is 21.4. The predicted octanol–water partition coefficient (Wildman–Crippen LogP) is 1.08. The van der Waals surface area contributed by atoms with Gasteiger partial charge in [0.1, 0.15) is 12.4 Å². The Labute approximate surface area is 171 Å². The first-order valence-electron chi connectivity index (χ1n) is 9.94. The number of hydrogen-bond acceptors (Lipinski definition) is 6. The molecule has 158 valence electrons. The quantitative estimate of drug-likeness (QED) is 0.537. The molecular weight excluding hydrogens is 394 g/mol. The third kappa shape index (κ3) is 4.12. The van der Waals surface area contributed by atoms with Gasteiger partial charge in [0.15, 0.2) is 0 Å². The molecule has 1 fully saturated rings. The Morgan fingerprint density at radius 1 is 1.00 bits per heavy atom. The zero-order valence-electron chi connectivity index (χ0n) is 16.7. The molecule has 0 spiro atoms. The van der Waals surface area contributed by atoms with Crippen LogP contribution in [0.2, 0.25) is 0 Å². The van der Waals surface area contributed by atoms with Gasteiger partial charge in [0, 0.05) is 46.4 Å².